The fraction of sp³-hybridized carbons (Fsp3) is 0.167. The first-order valence-electron chi connectivity index (χ1n) is 2.77. The van der Waals surface area contributed by atoms with Gasteiger partial charge in [0, 0.05) is 5.38 Å². The van der Waals surface area contributed by atoms with Gasteiger partial charge in [-0.15, -0.1) is 11.3 Å². The summed E-state index contributed by atoms with van der Waals surface area (Å²) in [7, 11) is 0. The Bertz CT molecular complexity index is 304. The number of Topliss-reactive ketones (excluding diaryl/α,β-unsaturated/α-hetero) is 1. The molecule has 0 radical (unpaired) electrons. The molecule has 1 heterocycles. The minimum Gasteiger partial charge on any atom is -0.283 e. The van der Waals surface area contributed by atoms with Crippen LogP contribution in [0.15, 0.2) is 11.4 Å². The lowest BCUT2D eigenvalue weighted by atomic mass is 10.3. The number of alkyl halides is 3. The summed E-state index contributed by atoms with van der Waals surface area (Å²) < 4.78 is 35.3. The van der Waals surface area contributed by atoms with Crippen LogP contribution < -0.4 is 0 Å². The van der Waals surface area contributed by atoms with Crippen molar-refractivity contribution in [3.05, 3.63) is 21.3 Å². The first-order chi connectivity index (χ1) is 5.41. The lowest BCUT2D eigenvalue weighted by Crippen LogP contribution is -2.21. The average Bonchev–Trinajstić information content (AvgIpc) is 2.32. The summed E-state index contributed by atoms with van der Waals surface area (Å²) in [5.41, 5.74) is 0. The maximum atomic E-state index is 11.8. The molecular weight excluding hydrogens is 213 g/mol. The summed E-state index contributed by atoms with van der Waals surface area (Å²) in [5, 5.41) is 1.42. The standard InChI is InChI=1S/C6H2ClF3OS/c7-3-1-4(12-2-3)5(11)6(8,9)10/h1-2H. The van der Waals surface area contributed by atoms with Crippen LogP contribution in [0.5, 0.6) is 0 Å². The molecule has 12 heavy (non-hydrogen) atoms. The second kappa shape index (κ2) is 3.06. The van der Waals surface area contributed by atoms with Crippen molar-refractivity contribution in [1.82, 2.24) is 0 Å². The quantitative estimate of drug-likeness (QED) is 0.657. The van der Waals surface area contributed by atoms with Crippen LogP contribution in [0, 0.1) is 0 Å². The fourth-order valence-electron chi connectivity index (χ4n) is 0.572. The van der Waals surface area contributed by atoms with Crippen molar-refractivity contribution >= 4 is 28.7 Å². The molecule has 0 amide bonds. The van der Waals surface area contributed by atoms with E-state index in [1.807, 2.05) is 0 Å². The first-order valence-corrected chi connectivity index (χ1v) is 4.02. The molecule has 0 bridgehead atoms. The molecule has 0 spiro atoms. The third-order valence-electron chi connectivity index (χ3n) is 1.05. The Hall–Kier alpha value is -0.550. The van der Waals surface area contributed by atoms with Crippen molar-refractivity contribution in [2.45, 2.75) is 6.18 Å². The zero-order chi connectivity index (χ0) is 9.35. The van der Waals surface area contributed by atoms with Gasteiger partial charge in [0.15, 0.2) is 0 Å². The summed E-state index contributed by atoms with van der Waals surface area (Å²) in [4.78, 5) is 10.1. The molecule has 0 saturated heterocycles. The van der Waals surface area contributed by atoms with Crippen LogP contribution in [0.25, 0.3) is 0 Å². The van der Waals surface area contributed by atoms with Crippen molar-refractivity contribution < 1.29 is 18.0 Å². The Morgan fingerprint density at radius 1 is 1.50 bits per heavy atom. The van der Waals surface area contributed by atoms with Crippen LogP contribution in [0.3, 0.4) is 0 Å². The van der Waals surface area contributed by atoms with Crippen LogP contribution in [0.1, 0.15) is 9.67 Å². The smallest absolute Gasteiger partial charge is 0.283 e. The lowest BCUT2D eigenvalue weighted by Gasteiger charge is -2.00. The normalized spacial score (nSPS) is 11.7. The number of carbonyl (C=O) groups is 1. The van der Waals surface area contributed by atoms with Crippen LogP contribution in [0.4, 0.5) is 13.2 Å². The summed E-state index contributed by atoms with van der Waals surface area (Å²) in [6.45, 7) is 0. The molecule has 0 aliphatic rings. The molecule has 0 aromatic carbocycles. The second-order valence-electron chi connectivity index (χ2n) is 1.96. The number of rotatable bonds is 1. The highest BCUT2D eigenvalue weighted by Gasteiger charge is 2.40. The molecule has 0 aliphatic heterocycles. The third-order valence-corrected chi connectivity index (χ3v) is 2.33. The minimum absolute atomic E-state index is 0.146. The van der Waals surface area contributed by atoms with E-state index in [1.165, 1.54) is 5.38 Å². The summed E-state index contributed by atoms with van der Waals surface area (Å²) >= 11 is 6.03. The Kier molecular flexibility index (Phi) is 2.44. The fourth-order valence-corrected chi connectivity index (χ4v) is 1.60. The Morgan fingerprint density at radius 3 is 2.42 bits per heavy atom. The topological polar surface area (TPSA) is 17.1 Å². The van der Waals surface area contributed by atoms with Crippen molar-refractivity contribution in [1.29, 1.82) is 0 Å². The lowest BCUT2D eigenvalue weighted by molar-refractivity contribution is -0.0882. The Balaban J connectivity index is 2.93. The van der Waals surface area contributed by atoms with Crippen molar-refractivity contribution in [3.63, 3.8) is 0 Å². The average molecular weight is 215 g/mol. The number of halogens is 4. The molecule has 0 aliphatic carbocycles. The van der Waals surface area contributed by atoms with Gasteiger partial charge in [-0.25, -0.2) is 0 Å². The molecule has 1 rings (SSSR count). The highest BCUT2D eigenvalue weighted by atomic mass is 35.5. The van der Waals surface area contributed by atoms with E-state index >= 15 is 0 Å². The second-order valence-corrected chi connectivity index (χ2v) is 3.30. The predicted molar refractivity (Wildman–Crippen MR) is 39.7 cm³/mol. The van der Waals surface area contributed by atoms with Gasteiger partial charge in [-0.05, 0) is 6.07 Å². The van der Waals surface area contributed by atoms with Gasteiger partial charge < -0.3 is 0 Å². The number of thiophene rings is 1. The first kappa shape index (κ1) is 9.54. The maximum Gasteiger partial charge on any atom is 0.455 e. The van der Waals surface area contributed by atoms with E-state index in [-0.39, 0.29) is 9.90 Å². The monoisotopic (exact) mass is 214 g/mol. The largest absolute Gasteiger partial charge is 0.455 e. The highest BCUT2D eigenvalue weighted by molar-refractivity contribution is 7.12. The van der Waals surface area contributed by atoms with E-state index in [2.05, 4.69) is 0 Å². The van der Waals surface area contributed by atoms with E-state index in [1.54, 1.807) is 0 Å². The van der Waals surface area contributed by atoms with Crippen molar-refractivity contribution in [2.24, 2.45) is 0 Å². The summed E-state index contributed by atoms with van der Waals surface area (Å²) in [5.74, 6) is -1.85. The van der Waals surface area contributed by atoms with Crippen LogP contribution >= 0.6 is 22.9 Å². The van der Waals surface area contributed by atoms with Crippen molar-refractivity contribution in [3.8, 4) is 0 Å². The van der Waals surface area contributed by atoms with Gasteiger partial charge in [-0.1, -0.05) is 11.6 Å². The minimum atomic E-state index is -4.81. The zero-order valence-corrected chi connectivity index (χ0v) is 7.06. The Morgan fingerprint density at radius 2 is 2.08 bits per heavy atom. The molecule has 1 aromatic heterocycles. The molecule has 0 fully saturated rings. The van der Waals surface area contributed by atoms with Crippen LogP contribution in [0.2, 0.25) is 5.02 Å². The SMILES string of the molecule is O=C(c1cc(Cl)cs1)C(F)(F)F. The zero-order valence-electron chi connectivity index (χ0n) is 5.48. The third kappa shape index (κ3) is 1.98. The molecule has 1 aromatic rings. The van der Waals surface area contributed by atoms with Gasteiger partial charge in [0.2, 0.25) is 0 Å². The highest BCUT2D eigenvalue weighted by Crippen LogP contribution is 2.27. The van der Waals surface area contributed by atoms with E-state index in [0.717, 1.165) is 6.07 Å². The van der Waals surface area contributed by atoms with Crippen LogP contribution in [-0.4, -0.2) is 12.0 Å². The molecular formula is C6H2ClF3OS. The molecule has 0 unspecified atom stereocenters. The van der Waals surface area contributed by atoms with E-state index in [0.29, 0.717) is 11.3 Å². The van der Waals surface area contributed by atoms with Gasteiger partial charge in [-0.2, -0.15) is 13.2 Å². The van der Waals surface area contributed by atoms with Gasteiger partial charge >= 0.3 is 6.18 Å². The maximum absolute atomic E-state index is 11.8. The van der Waals surface area contributed by atoms with Crippen LogP contribution in [-0.2, 0) is 0 Å². The predicted octanol–water partition coefficient (Wildman–Crippen LogP) is 3.15. The van der Waals surface area contributed by atoms with Gasteiger partial charge in [-0.3, -0.25) is 4.79 Å². The Labute approximate surface area is 74.8 Å². The molecule has 6 heteroatoms. The van der Waals surface area contributed by atoms with Crippen molar-refractivity contribution in [2.75, 3.05) is 0 Å². The number of hydrogen-bond acceptors (Lipinski definition) is 2. The summed E-state index contributed by atoms with van der Waals surface area (Å²) in [6, 6.07) is 1.00. The van der Waals surface area contributed by atoms with E-state index in [9.17, 15) is 18.0 Å². The number of carbonyl (C=O) groups excluding carboxylic acids is 1. The van der Waals surface area contributed by atoms with Gasteiger partial charge in [0.05, 0.1) is 9.90 Å². The molecule has 1 nitrogen and oxygen atoms in total. The van der Waals surface area contributed by atoms with E-state index in [4.69, 9.17) is 11.6 Å². The molecule has 0 N–H and O–H groups in total. The molecule has 0 saturated carbocycles. The number of hydrogen-bond donors (Lipinski definition) is 0. The number of ketones is 1. The molecule has 66 valence electrons. The molecule has 0 atom stereocenters. The van der Waals surface area contributed by atoms with Gasteiger partial charge in [0.1, 0.15) is 0 Å². The summed E-state index contributed by atoms with van der Waals surface area (Å²) in [6.07, 6.45) is -4.81. The van der Waals surface area contributed by atoms with Gasteiger partial charge in [0.25, 0.3) is 5.78 Å². The van der Waals surface area contributed by atoms with E-state index < -0.39 is 12.0 Å².